The first-order chi connectivity index (χ1) is 6.81. The number of aromatic nitrogens is 2. The molecule has 2 aromatic rings. The Labute approximate surface area is 81.5 Å². The van der Waals surface area contributed by atoms with E-state index in [2.05, 4.69) is 10.2 Å². The Kier molecular flexibility index (Phi) is 2.18. The highest BCUT2D eigenvalue weighted by Crippen LogP contribution is 2.28. The maximum Gasteiger partial charge on any atom is 0.251 e. The van der Waals surface area contributed by atoms with Crippen LogP contribution in [0.5, 0.6) is 5.75 Å². The third kappa shape index (κ3) is 1.46. The summed E-state index contributed by atoms with van der Waals surface area (Å²) in [5, 5.41) is 7.47. The molecule has 4 heteroatoms. The lowest BCUT2D eigenvalue weighted by atomic mass is 10.1. The predicted molar refractivity (Wildman–Crippen MR) is 51.0 cm³/mol. The zero-order valence-corrected chi connectivity index (χ0v) is 8.02. The summed E-state index contributed by atoms with van der Waals surface area (Å²) < 4.78 is 10.3. The minimum atomic E-state index is 0.477. The van der Waals surface area contributed by atoms with Crippen LogP contribution in [-0.4, -0.2) is 17.3 Å². The van der Waals surface area contributed by atoms with Gasteiger partial charge in [-0.25, -0.2) is 0 Å². The lowest BCUT2D eigenvalue weighted by Gasteiger charge is -2.05. The Morgan fingerprint density at radius 1 is 1.36 bits per heavy atom. The van der Waals surface area contributed by atoms with Crippen LogP contribution in [0.2, 0.25) is 0 Å². The number of hydrogen-bond donors (Lipinski definition) is 0. The Bertz CT molecular complexity index is 424. The van der Waals surface area contributed by atoms with Crippen LogP contribution in [0.4, 0.5) is 0 Å². The van der Waals surface area contributed by atoms with Crippen LogP contribution >= 0.6 is 0 Å². The molecule has 1 aromatic carbocycles. The number of benzene rings is 1. The molecular weight excluding hydrogens is 180 g/mol. The highest BCUT2D eigenvalue weighted by molar-refractivity contribution is 5.63. The molecule has 0 saturated carbocycles. The van der Waals surface area contributed by atoms with Crippen molar-refractivity contribution >= 4 is 0 Å². The average molecular weight is 190 g/mol. The molecule has 0 fully saturated rings. The largest absolute Gasteiger partial charge is 0.496 e. The van der Waals surface area contributed by atoms with Gasteiger partial charge in [0.25, 0.3) is 5.89 Å². The van der Waals surface area contributed by atoms with E-state index in [9.17, 15) is 0 Å². The smallest absolute Gasteiger partial charge is 0.251 e. The van der Waals surface area contributed by atoms with Gasteiger partial charge in [-0.1, -0.05) is 11.6 Å². The molecule has 0 aliphatic carbocycles. The number of methoxy groups -OCH3 is 1. The summed E-state index contributed by atoms with van der Waals surface area (Å²) in [5.41, 5.74) is 1.95. The van der Waals surface area contributed by atoms with Crippen molar-refractivity contribution in [2.75, 3.05) is 7.11 Å². The van der Waals surface area contributed by atoms with E-state index in [1.807, 2.05) is 25.1 Å². The lowest BCUT2D eigenvalue weighted by molar-refractivity contribution is 0.414. The SMILES string of the molecule is COc1ccc(C)cc1-c1nnco1. The first-order valence-corrected chi connectivity index (χ1v) is 4.22. The molecule has 14 heavy (non-hydrogen) atoms. The van der Waals surface area contributed by atoms with Gasteiger partial charge < -0.3 is 9.15 Å². The molecule has 0 radical (unpaired) electrons. The molecule has 0 spiro atoms. The minimum absolute atomic E-state index is 0.477. The van der Waals surface area contributed by atoms with E-state index in [-0.39, 0.29) is 0 Å². The second-order valence-corrected chi connectivity index (χ2v) is 2.95. The Morgan fingerprint density at radius 2 is 2.21 bits per heavy atom. The molecule has 2 rings (SSSR count). The van der Waals surface area contributed by atoms with Crippen LogP contribution in [-0.2, 0) is 0 Å². The van der Waals surface area contributed by atoms with E-state index in [0.717, 1.165) is 16.9 Å². The number of rotatable bonds is 2. The van der Waals surface area contributed by atoms with Crippen LogP contribution in [0.3, 0.4) is 0 Å². The summed E-state index contributed by atoms with van der Waals surface area (Å²) in [7, 11) is 1.62. The zero-order valence-electron chi connectivity index (χ0n) is 8.02. The van der Waals surface area contributed by atoms with Crippen LogP contribution < -0.4 is 4.74 Å². The monoisotopic (exact) mass is 190 g/mol. The van der Waals surface area contributed by atoms with Gasteiger partial charge in [0, 0.05) is 0 Å². The summed E-state index contributed by atoms with van der Waals surface area (Å²) in [6.45, 7) is 2.00. The molecule has 0 saturated heterocycles. The van der Waals surface area contributed by atoms with E-state index in [4.69, 9.17) is 9.15 Å². The quantitative estimate of drug-likeness (QED) is 0.727. The Hall–Kier alpha value is -1.84. The molecule has 1 heterocycles. The van der Waals surface area contributed by atoms with Crippen molar-refractivity contribution in [3.05, 3.63) is 30.2 Å². The van der Waals surface area contributed by atoms with Crippen LogP contribution in [0.1, 0.15) is 5.56 Å². The van der Waals surface area contributed by atoms with Gasteiger partial charge >= 0.3 is 0 Å². The third-order valence-electron chi connectivity index (χ3n) is 1.95. The molecule has 0 bridgehead atoms. The molecule has 0 aliphatic heterocycles. The first-order valence-electron chi connectivity index (χ1n) is 4.22. The summed E-state index contributed by atoms with van der Waals surface area (Å²) in [4.78, 5) is 0. The third-order valence-corrected chi connectivity index (χ3v) is 1.95. The van der Waals surface area contributed by atoms with Gasteiger partial charge in [-0.2, -0.15) is 0 Å². The van der Waals surface area contributed by atoms with Crippen molar-refractivity contribution in [3.63, 3.8) is 0 Å². The van der Waals surface area contributed by atoms with E-state index in [1.54, 1.807) is 7.11 Å². The Balaban J connectivity index is 2.55. The van der Waals surface area contributed by atoms with Gasteiger partial charge in [0.2, 0.25) is 6.39 Å². The summed E-state index contributed by atoms with van der Waals surface area (Å²) in [6.07, 6.45) is 1.30. The number of hydrogen-bond acceptors (Lipinski definition) is 4. The fourth-order valence-corrected chi connectivity index (χ4v) is 1.28. The van der Waals surface area contributed by atoms with Crippen molar-refractivity contribution in [2.24, 2.45) is 0 Å². The van der Waals surface area contributed by atoms with Gasteiger partial charge in [0.1, 0.15) is 5.75 Å². The van der Waals surface area contributed by atoms with Gasteiger partial charge in [-0.3, -0.25) is 0 Å². The second kappa shape index (κ2) is 3.49. The van der Waals surface area contributed by atoms with Crippen molar-refractivity contribution in [1.82, 2.24) is 10.2 Å². The van der Waals surface area contributed by atoms with Crippen molar-refractivity contribution < 1.29 is 9.15 Å². The van der Waals surface area contributed by atoms with Gasteiger partial charge in [0.05, 0.1) is 12.7 Å². The molecule has 0 amide bonds. The second-order valence-electron chi connectivity index (χ2n) is 2.95. The number of nitrogens with zero attached hydrogens (tertiary/aromatic N) is 2. The van der Waals surface area contributed by atoms with Crippen LogP contribution in [0.25, 0.3) is 11.5 Å². The average Bonchev–Trinajstić information content (AvgIpc) is 2.70. The van der Waals surface area contributed by atoms with Gasteiger partial charge in [-0.05, 0) is 19.1 Å². The molecule has 1 aromatic heterocycles. The molecule has 0 N–H and O–H groups in total. The van der Waals surface area contributed by atoms with Crippen LogP contribution in [0, 0.1) is 6.92 Å². The topological polar surface area (TPSA) is 48.2 Å². The highest BCUT2D eigenvalue weighted by Gasteiger charge is 2.10. The molecule has 0 atom stereocenters. The highest BCUT2D eigenvalue weighted by atomic mass is 16.5. The van der Waals surface area contributed by atoms with E-state index in [1.165, 1.54) is 6.39 Å². The zero-order chi connectivity index (χ0) is 9.97. The van der Waals surface area contributed by atoms with E-state index >= 15 is 0 Å². The molecule has 0 aliphatic rings. The fraction of sp³-hybridized carbons (Fsp3) is 0.200. The summed E-state index contributed by atoms with van der Waals surface area (Å²) in [5.74, 6) is 1.21. The normalized spacial score (nSPS) is 10.1. The van der Waals surface area contributed by atoms with Crippen molar-refractivity contribution in [2.45, 2.75) is 6.92 Å². The maximum absolute atomic E-state index is 5.20. The van der Waals surface area contributed by atoms with Gasteiger partial charge in [-0.15, -0.1) is 10.2 Å². The molecule has 72 valence electrons. The molecule has 4 nitrogen and oxygen atoms in total. The first kappa shape index (κ1) is 8.74. The van der Waals surface area contributed by atoms with E-state index < -0.39 is 0 Å². The number of ether oxygens (including phenoxy) is 1. The number of aryl methyl sites for hydroxylation is 1. The fourth-order valence-electron chi connectivity index (χ4n) is 1.28. The lowest BCUT2D eigenvalue weighted by Crippen LogP contribution is -1.88. The summed E-state index contributed by atoms with van der Waals surface area (Å²) in [6, 6.07) is 5.81. The van der Waals surface area contributed by atoms with Crippen molar-refractivity contribution in [1.29, 1.82) is 0 Å². The van der Waals surface area contributed by atoms with E-state index in [0.29, 0.717) is 5.89 Å². The maximum atomic E-state index is 5.20. The molecular formula is C10H10N2O2. The minimum Gasteiger partial charge on any atom is -0.496 e. The van der Waals surface area contributed by atoms with Crippen molar-refractivity contribution in [3.8, 4) is 17.2 Å². The molecule has 0 unspecified atom stereocenters. The van der Waals surface area contributed by atoms with Gasteiger partial charge in [0.15, 0.2) is 0 Å². The Morgan fingerprint density at radius 3 is 2.86 bits per heavy atom. The standard InChI is InChI=1S/C10H10N2O2/c1-7-3-4-9(13-2)8(5-7)10-12-11-6-14-10/h3-6H,1-2H3. The summed E-state index contributed by atoms with van der Waals surface area (Å²) >= 11 is 0. The van der Waals surface area contributed by atoms with Crippen LogP contribution in [0.15, 0.2) is 29.0 Å². The predicted octanol–water partition coefficient (Wildman–Crippen LogP) is 2.05.